The lowest BCUT2D eigenvalue weighted by atomic mass is 9.77. The summed E-state index contributed by atoms with van der Waals surface area (Å²) in [7, 11) is 0. The van der Waals surface area contributed by atoms with Gasteiger partial charge < -0.3 is 10.4 Å². The normalized spacial score (nSPS) is 26.4. The molecule has 3 nitrogen and oxygen atoms in total. The van der Waals surface area contributed by atoms with Crippen molar-refractivity contribution in [3.63, 3.8) is 0 Å². The zero-order valence-corrected chi connectivity index (χ0v) is 10.3. The van der Waals surface area contributed by atoms with Crippen molar-refractivity contribution in [2.75, 3.05) is 5.32 Å². The first-order valence-corrected chi connectivity index (χ1v) is 5.82. The first kappa shape index (κ1) is 13.7. The van der Waals surface area contributed by atoms with Gasteiger partial charge in [-0.1, -0.05) is 6.07 Å². The Labute approximate surface area is 108 Å². The maximum Gasteiger partial charge on any atom is 0.418 e. The lowest BCUT2D eigenvalue weighted by Crippen LogP contribution is -2.48. The zero-order chi connectivity index (χ0) is 14.3. The minimum absolute atomic E-state index is 0.0404. The number of nitrogens with zero attached hydrogens (tertiary/aromatic N) is 1. The highest BCUT2D eigenvalue weighted by Gasteiger charge is 2.41. The lowest BCUT2D eigenvalue weighted by molar-refractivity contribution is -0.137. The summed E-state index contributed by atoms with van der Waals surface area (Å²) in [6.45, 7) is 1.63. The molecule has 0 aliphatic heterocycles. The fourth-order valence-corrected chi connectivity index (χ4v) is 2.35. The fraction of sp³-hybridized carbons (Fsp3) is 0.462. The molecule has 1 aromatic rings. The van der Waals surface area contributed by atoms with E-state index < -0.39 is 17.3 Å². The van der Waals surface area contributed by atoms with Crippen molar-refractivity contribution in [3.8, 4) is 6.07 Å². The van der Waals surface area contributed by atoms with E-state index in [0.717, 1.165) is 6.07 Å². The van der Waals surface area contributed by atoms with Gasteiger partial charge in [0.05, 0.1) is 22.4 Å². The third-order valence-corrected chi connectivity index (χ3v) is 3.21. The molecule has 1 aliphatic rings. The average molecular weight is 270 g/mol. The molecule has 19 heavy (non-hydrogen) atoms. The van der Waals surface area contributed by atoms with Crippen molar-refractivity contribution in [2.24, 2.45) is 0 Å². The Morgan fingerprint density at radius 3 is 2.53 bits per heavy atom. The van der Waals surface area contributed by atoms with Gasteiger partial charge in [-0.15, -0.1) is 0 Å². The molecule has 2 N–H and O–H groups in total. The average Bonchev–Trinajstić information content (AvgIpc) is 2.25. The first-order chi connectivity index (χ1) is 8.73. The molecule has 0 atom stereocenters. The van der Waals surface area contributed by atoms with Gasteiger partial charge in [0.15, 0.2) is 0 Å². The number of para-hydroxylation sites is 1. The predicted molar refractivity (Wildman–Crippen MR) is 63.4 cm³/mol. The van der Waals surface area contributed by atoms with Crippen LogP contribution < -0.4 is 5.32 Å². The summed E-state index contributed by atoms with van der Waals surface area (Å²) >= 11 is 0. The highest BCUT2D eigenvalue weighted by atomic mass is 19.4. The van der Waals surface area contributed by atoms with Gasteiger partial charge >= 0.3 is 6.18 Å². The molecule has 0 radical (unpaired) electrons. The second-order valence-corrected chi connectivity index (χ2v) is 5.08. The van der Waals surface area contributed by atoms with Gasteiger partial charge in [0.2, 0.25) is 0 Å². The fourth-order valence-electron chi connectivity index (χ4n) is 2.35. The standard InChI is InChI=1S/C13H13F3N2O/c1-12(19)5-9(6-12)18-11-8(7-17)3-2-4-10(11)13(14,15)16/h2-4,9,18-19H,5-6H2,1H3/t9-,12+. The van der Waals surface area contributed by atoms with Crippen molar-refractivity contribution in [3.05, 3.63) is 29.3 Å². The van der Waals surface area contributed by atoms with E-state index in [0.29, 0.717) is 12.8 Å². The third kappa shape index (κ3) is 2.82. The first-order valence-electron chi connectivity index (χ1n) is 5.82. The number of halogens is 3. The molecule has 102 valence electrons. The number of aliphatic hydroxyl groups is 1. The second kappa shape index (κ2) is 4.42. The summed E-state index contributed by atoms with van der Waals surface area (Å²) in [5.74, 6) is 0. The highest BCUT2D eigenvalue weighted by molar-refractivity contribution is 5.64. The van der Waals surface area contributed by atoms with Crippen molar-refractivity contribution < 1.29 is 18.3 Å². The number of hydrogen-bond acceptors (Lipinski definition) is 3. The van der Waals surface area contributed by atoms with Crippen molar-refractivity contribution in [2.45, 2.75) is 37.6 Å². The molecule has 0 spiro atoms. The van der Waals surface area contributed by atoms with E-state index in [4.69, 9.17) is 5.26 Å². The topological polar surface area (TPSA) is 56.0 Å². The van der Waals surface area contributed by atoms with Crippen LogP contribution >= 0.6 is 0 Å². The molecule has 0 heterocycles. The molecule has 1 fully saturated rings. The Balaban J connectivity index is 2.30. The molecule has 0 amide bonds. The predicted octanol–water partition coefficient (Wildman–Crippen LogP) is 2.90. The minimum atomic E-state index is -4.51. The van der Waals surface area contributed by atoms with E-state index >= 15 is 0 Å². The van der Waals surface area contributed by atoms with E-state index in [9.17, 15) is 18.3 Å². The summed E-state index contributed by atoms with van der Waals surface area (Å²) in [4.78, 5) is 0. The third-order valence-electron chi connectivity index (χ3n) is 3.21. The van der Waals surface area contributed by atoms with Crippen molar-refractivity contribution in [1.82, 2.24) is 0 Å². The van der Waals surface area contributed by atoms with Crippen LogP contribution in [-0.4, -0.2) is 16.7 Å². The molecule has 0 bridgehead atoms. The largest absolute Gasteiger partial charge is 0.418 e. The van der Waals surface area contributed by atoms with Gasteiger partial charge in [0.25, 0.3) is 0 Å². The van der Waals surface area contributed by atoms with E-state index in [1.165, 1.54) is 12.1 Å². The maximum absolute atomic E-state index is 12.9. The van der Waals surface area contributed by atoms with Crippen LogP contribution in [0.2, 0.25) is 0 Å². The number of nitrogens with one attached hydrogen (secondary N) is 1. The number of alkyl halides is 3. The molecule has 0 saturated heterocycles. The van der Waals surface area contributed by atoms with E-state index in [1.54, 1.807) is 13.0 Å². The van der Waals surface area contributed by atoms with Crippen LogP contribution in [0.15, 0.2) is 18.2 Å². The van der Waals surface area contributed by atoms with Gasteiger partial charge in [-0.2, -0.15) is 18.4 Å². The lowest BCUT2D eigenvalue weighted by Gasteiger charge is -2.42. The Bertz CT molecular complexity index is 524. The molecular weight excluding hydrogens is 257 g/mol. The van der Waals surface area contributed by atoms with Gasteiger partial charge in [-0.25, -0.2) is 0 Å². The maximum atomic E-state index is 12.9. The van der Waals surface area contributed by atoms with Crippen LogP contribution in [0.3, 0.4) is 0 Å². The van der Waals surface area contributed by atoms with E-state index in [2.05, 4.69) is 5.32 Å². The second-order valence-electron chi connectivity index (χ2n) is 5.08. The van der Waals surface area contributed by atoms with E-state index in [1.807, 2.05) is 0 Å². The van der Waals surface area contributed by atoms with Gasteiger partial charge in [-0.05, 0) is 31.9 Å². The Kier molecular flexibility index (Phi) is 3.19. The van der Waals surface area contributed by atoms with Crippen LogP contribution in [0, 0.1) is 11.3 Å². The van der Waals surface area contributed by atoms with Gasteiger partial charge in [-0.3, -0.25) is 0 Å². The Morgan fingerprint density at radius 1 is 1.42 bits per heavy atom. The summed E-state index contributed by atoms with van der Waals surface area (Å²) in [6.07, 6.45) is -3.78. The molecule has 6 heteroatoms. The van der Waals surface area contributed by atoms with E-state index in [-0.39, 0.29) is 17.3 Å². The molecule has 0 unspecified atom stereocenters. The Morgan fingerprint density at radius 2 is 2.05 bits per heavy atom. The van der Waals surface area contributed by atoms with Gasteiger partial charge in [0.1, 0.15) is 6.07 Å². The highest BCUT2D eigenvalue weighted by Crippen LogP contribution is 2.40. The number of anilines is 1. The number of benzene rings is 1. The Hall–Kier alpha value is -1.74. The van der Waals surface area contributed by atoms with Crippen LogP contribution in [0.4, 0.5) is 18.9 Å². The molecule has 1 aliphatic carbocycles. The molecular formula is C13H13F3N2O. The smallest absolute Gasteiger partial charge is 0.390 e. The minimum Gasteiger partial charge on any atom is -0.390 e. The zero-order valence-electron chi connectivity index (χ0n) is 10.3. The monoisotopic (exact) mass is 270 g/mol. The van der Waals surface area contributed by atoms with Crippen LogP contribution in [-0.2, 0) is 6.18 Å². The van der Waals surface area contributed by atoms with Crippen molar-refractivity contribution in [1.29, 1.82) is 5.26 Å². The number of rotatable bonds is 2. The van der Waals surface area contributed by atoms with Crippen LogP contribution in [0.5, 0.6) is 0 Å². The van der Waals surface area contributed by atoms with Crippen LogP contribution in [0.1, 0.15) is 30.9 Å². The SMILES string of the molecule is C[C@]1(O)C[C@@H](Nc2c(C#N)cccc2C(F)(F)F)C1. The van der Waals surface area contributed by atoms with Crippen LogP contribution in [0.25, 0.3) is 0 Å². The number of hydrogen-bond donors (Lipinski definition) is 2. The summed E-state index contributed by atoms with van der Waals surface area (Å²) in [5.41, 5.74) is -1.92. The summed E-state index contributed by atoms with van der Waals surface area (Å²) in [5, 5.41) is 21.2. The van der Waals surface area contributed by atoms with Crippen molar-refractivity contribution >= 4 is 5.69 Å². The molecule has 2 rings (SSSR count). The van der Waals surface area contributed by atoms with Gasteiger partial charge in [0, 0.05) is 6.04 Å². The quantitative estimate of drug-likeness (QED) is 0.868. The number of nitriles is 1. The molecule has 1 saturated carbocycles. The summed E-state index contributed by atoms with van der Waals surface area (Å²) < 4.78 is 38.7. The summed E-state index contributed by atoms with van der Waals surface area (Å²) in [6, 6.07) is 5.01. The molecule has 1 aromatic carbocycles. The molecule has 0 aromatic heterocycles.